The average molecular weight is 366 g/mol. The Hall–Kier alpha value is -1.62. The number of unbranched alkanes of at least 4 members (excludes halogenated alkanes) is 1. The van der Waals surface area contributed by atoms with E-state index in [4.69, 9.17) is 5.11 Å². The van der Waals surface area contributed by atoms with Gasteiger partial charge in [-0.2, -0.15) is 0 Å². The third kappa shape index (κ3) is 9.76. The molecule has 0 saturated carbocycles. The second kappa shape index (κ2) is 12.7. The zero-order valence-corrected chi connectivity index (χ0v) is 16.3. The minimum atomic E-state index is -0.776. The normalized spacial score (nSPS) is 19.8. The number of nitrogens with zero attached hydrogens (tertiary/aromatic N) is 1. The third-order valence-electron chi connectivity index (χ3n) is 4.68. The number of amides is 1. The van der Waals surface area contributed by atoms with E-state index in [0.29, 0.717) is 31.7 Å². The van der Waals surface area contributed by atoms with Gasteiger partial charge >= 0.3 is 5.97 Å². The van der Waals surface area contributed by atoms with Crippen molar-refractivity contribution in [3.8, 4) is 0 Å². The van der Waals surface area contributed by atoms with Crippen molar-refractivity contribution in [3.63, 3.8) is 0 Å². The molecule has 148 valence electrons. The van der Waals surface area contributed by atoms with Crippen LogP contribution in [0, 0.1) is 5.92 Å². The number of aliphatic hydroxyl groups excluding tert-OH is 1. The Kier molecular flexibility index (Phi) is 10.9. The van der Waals surface area contributed by atoms with Crippen LogP contribution < -0.4 is 0 Å². The van der Waals surface area contributed by atoms with Gasteiger partial charge in [0.1, 0.15) is 0 Å². The fourth-order valence-corrected chi connectivity index (χ4v) is 3.15. The summed E-state index contributed by atoms with van der Waals surface area (Å²) in [6, 6.07) is 0.0414. The van der Waals surface area contributed by atoms with E-state index in [2.05, 4.69) is 13.8 Å². The largest absolute Gasteiger partial charge is 0.481 e. The Labute approximate surface area is 157 Å². The van der Waals surface area contributed by atoms with Gasteiger partial charge in [0.15, 0.2) is 0 Å². The number of piperidine rings is 1. The van der Waals surface area contributed by atoms with Crippen molar-refractivity contribution < 1.29 is 19.8 Å². The molecule has 0 aromatic heterocycles. The first-order valence-corrected chi connectivity index (χ1v) is 9.92. The lowest BCUT2D eigenvalue weighted by Gasteiger charge is -2.33. The van der Waals surface area contributed by atoms with Crippen LogP contribution in [0.1, 0.15) is 71.6 Å². The number of rotatable bonds is 12. The first-order valence-electron chi connectivity index (χ1n) is 9.92. The van der Waals surface area contributed by atoms with Crippen molar-refractivity contribution in [2.75, 3.05) is 6.54 Å². The number of aliphatic hydroxyl groups is 1. The molecule has 1 saturated heterocycles. The summed E-state index contributed by atoms with van der Waals surface area (Å²) in [4.78, 5) is 24.6. The van der Waals surface area contributed by atoms with Gasteiger partial charge in [0.05, 0.1) is 12.1 Å². The molecule has 0 aromatic carbocycles. The highest BCUT2D eigenvalue weighted by Crippen LogP contribution is 2.20. The average Bonchev–Trinajstić information content (AvgIpc) is 2.57. The maximum Gasteiger partial charge on any atom is 0.303 e. The molecule has 1 heterocycles. The molecular weight excluding hydrogens is 330 g/mol. The van der Waals surface area contributed by atoms with Crippen molar-refractivity contribution in [3.05, 3.63) is 24.3 Å². The summed E-state index contributed by atoms with van der Waals surface area (Å²) in [6.45, 7) is 4.91. The predicted octanol–water partition coefficient (Wildman–Crippen LogP) is 3.92. The van der Waals surface area contributed by atoms with E-state index in [1.54, 1.807) is 0 Å². The van der Waals surface area contributed by atoms with E-state index >= 15 is 0 Å². The molecule has 2 atom stereocenters. The van der Waals surface area contributed by atoms with Crippen molar-refractivity contribution in [1.82, 2.24) is 4.90 Å². The molecule has 0 aromatic rings. The number of carbonyl (C=O) groups is 2. The molecule has 0 spiro atoms. The first kappa shape index (κ1) is 22.4. The maximum absolute atomic E-state index is 12.2. The van der Waals surface area contributed by atoms with Crippen LogP contribution in [0.3, 0.4) is 0 Å². The number of allylic oxidation sites excluding steroid dienone is 1. The van der Waals surface area contributed by atoms with E-state index < -0.39 is 12.1 Å². The molecule has 5 heteroatoms. The van der Waals surface area contributed by atoms with Gasteiger partial charge in [-0.25, -0.2) is 0 Å². The van der Waals surface area contributed by atoms with Crippen LogP contribution >= 0.6 is 0 Å². The van der Waals surface area contributed by atoms with Gasteiger partial charge in [-0.3, -0.25) is 9.59 Å². The SMILES string of the molecule is CC(C)CCCC(O)/C=C/[C@H]1CCCC(=O)N1C/C=C\CCCC(=O)O. The lowest BCUT2D eigenvalue weighted by molar-refractivity contribution is -0.137. The van der Waals surface area contributed by atoms with Crippen molar-refractivity contribution in [2.45, 2.75) is 83.8 Å². The molecule has 1 fully saturated rings. The van der Waals surface area contributed by atoms with Crippen LogP contribution in [0.25, 0.3) is 0 Å². The second-order valence-electron chi connectivity index (χ2n) is 7.54. The minimum absolute atomic E-state index is 0.0414. The first-order chi connectivity index (χ1) is 12.4. The summed E-state index contributed by atoms with van der Waals surface area (Å²) in [5.74, 6) is 0.0251. The van der Waals surface area contributed by atoms with Crippen molar-refractivity contribution in [1.29, 1.82) is 0 Å². The van der Waals surface area contributed by atoms with Crippen LogP contribution in [0.15, 0.2) is 24.3 Å². The smallest absolute Gasteiger partial charge is 0.303 e. The van der Waals surface area contributed by atoms with E-state index in [1.807, 2.05) is 29.2 Å². The number of hydrogen-bond donors (Lipinski definition) is 2. The quantitative estimate of drug-likeness (QED) is 0.406. The topological polar surface area (TPSA) is 77.8 Å². The molecule has 0 aliphatic carbocycles. The standard InChI is InChI=1S/C21H35NO4/c1-17(2)9-7-11-19(23)15-14-18-10-8-12-20(24)22(18)16-6-4-3-5-13-21(25)26/h4,6,14-15,17-19,23H,3,5,7-13,16H2,1-2H3,(H,25,26)/b6-4-,15-14+/t18-,19?/m1/s1. The zero-order valence-electron chi connectivity index (χ0n) is 16.3. The Morgan fingerprint density at radius 1 is 1.27 bits per heavy atom. The van der Waals surface area contributed by atoms with Gasteiger partial charge < -0.3 is 15.1 Å². The lowest BCUT2D eigenvalue weighted by Crippen LogP contribution is -2.42. The van der Waals surface area contributed by atoms with Crippen molar-refractivity contribution >= 4 is 11.9 Å². The molecule has 0 bridgehead atoms. The lowest BCUT2D eigenvalue weighted by atomic mass is 9.99. The van der Waals surface area contributed by atoms with E-state index in [0.717, 1.165) is 32.1 Å². The summed E-state index contributed by atoms with van der Waals surface area (Å²) >= 11 is 0. The number of carboxylic acids is 1. The summed E-state index contributed by atoms with van der Waals surface area (Å²) < 4.78 is 0. The predicted molar refractivity (Wildman–Crippen MR) is 104 cm³/mol. The van der Waals surface area contributed by atoms with Crippen LogP contribution in [0.4, 0.5) is 0 Å². The Balaban J connectivity index is 2.45. The Bertz CT molecular complexity index is 484. The highest BCUT2D eigenvalue weighted by atomic mass is 16.4. The van der Waals surface area contributed by atoms with Crippen molar-refractivity contribution in [2.24, 2.45) is 5.92 Å². The summed E-state index contributed by atoms with van der Waals surface area (Å²) in [5, 5.41) is 18.7. The number of carbonyl (C=O) groups excluding carboxylic acids is 1. The molecule has 0 radical (unpaired) electrons. The number of likely N-dealkylation sites (tertiary alicyclic amines) is 1. The van der Waals surface area contributed by atoms with Crippen LogP contribution in [-0.2, 0) is 9.59 Å². The molecule has 5 nitrogen and oxygen atoms in total. The molecule has 1 unspecified atom stereocenters. The molecule has 26 heavy (non-hydrogen) atoms. The summed E-state index contributed by atoms with van der Waals surface area (Å²) in [7, 11) is 0. The minimum Gasteiger partial charge on any atom is -0.481 e. The third-order valence-corrected chi connectivity index (χ3v) is 4.68. The monoisotopic (exact) mass is 365 g/mol. The van der Waals surface area contributed by atoms with Gasteiger partial charge in [0, 0.05) is 19.4 Å². The van der Waals surface area contributed by atoms with Gasteiger partial charge in [0.25, 0.3) is 0 Å². The summed E-state index contributed by atoms with van der Waals surface area (Å²) in [6.07, 6.45) is 14.1. The van der Waals surface area contributed by atoms with Crippen LogP contribution in [-0.4, -0.2) is 45.7 Å². The second-order valence-corrected chi connectivity index (χ2v) is 7.54. The number of carboxylic acid groups (broad SMARTS) is 1. The van der Waals surface area contributed by atoms with Gasteiger partial charge in [-0.1, -0.05) is 51.0 Å². The zero-order chi connectivity index (χ0) is 19.4. The molecule has 2 N–H and O–H groups in total. The van der Waals surface area contributed by atoms with E-state index in [-0.39, 0.29) is 18.4 Å². The molecular formula is C21H35NO4. The Morgan fingerprint density at radius 2 is 2.04 bits per heavy atom. The maximum atomic E-state index is 12.2. The van der Waals surface area contributed by atoms with Crippen LogP contribution in [0.2, 0.25) is 0 Å². The molecule has 1 aliphatic heterocycles. The highest BCUT2D eigenvalue weighted by Gasteiger charge is 2.25. The molecule has 1 aliphatic rings. The number of hydrogen-bond acceptors (Lipinski definition) is 3. The highest BCUT2D eigenvalue weighted by molar-refractivity contribution is 5.77. The van der Waals surface area contributed by atoms with Gasteiger partial charge in [-0.15, -0.1) is 0 Å². The summed E-state index contributed by atoms with van der Waals surface area (Å²) in [5.41, 5.74) is 0. The van der Waals surface area contributed by atoms with Gasteiger partial charge in [-0.05, 0) is 38.0 Å². The van der Waals surface area contributed by atoms with Crippen LogP contribution in [0.5, 0.6) is 0 Å². The fourth-order valence-electron chi connectivity index (χ4n) is 3.15. The number of aliphatic carboxylic acids is 1. The van der Waals surface area contributed by atoms with Gasteiger partial charge in [0.2, 0.25) is 5.91 Å². The molecule has 1 amide bonds. The van der Waals surface area contributed by atoms with E-state index in [1.165, 1.54) is 0 Å². The molecule has 1 rings (SSSR count). The van der Waals surface area contributed by atoms with E-state index in [9.17, 15) is 14.7 Å². The Morgan fingerprint density at radius 3 is 2.73 bits per heavy atom. The fraction of sp³-hybridized carbons (Fsp3) is 0.714.